The minimum absolute atomic E-state index is 0.377. The molecule has 2 rings (SSSR count). The van der Waals surface area contributed by atoms with Crippen molar-refractivity contribution >= 4 is 17.2 Å². The van der Waals surface area contributed by atoms with Crippen LogP contribution >= 0.6 is 12.2 Å². The number of methoxy groups -OCH3 is 1. The Kier molecular flexibility index (Phi) is 4.75. The van der Waals surface area contributed by atoms with Gasteiger partial charge in [-0.2, -0.15) is 0 Å². The molecule has 0 fully saturated rings. The van der Waals surface area contributed by atoms with Crippen molar-refractivity contribution in [2.45, 2.75) is 20.5 Å². The molecule has 0 spiro atoms. The van der Waals surface area contributed by atoms with Crippen LogP contribution in [0.4, 0.5) is 0 Å². The van der Waals surface area contributed by atoms with Gasteiger partial charge < -0.3 is 15.2 Å². The van der Waals surface area contributed by atoms with Crippen molar-refractivity contribution in [3.8, 4) is 11.5 Å². The number of pyridine rings is 1. The number of nitrogens with two attached hydrogens (primary N) is 1. The first-order valence-electron chi connectivity index (χ1n) is 6.54. The van der Waals surface area contributed by atoms with Gasteiger partial charge in [-0.25, -0.2) is 0 Å². The summed E-state index contributed by atoms with van der Waals surface area (Å²) >= 11 is 4.92. The van der Waals surface area contributed by atoms with Crippen molar-refractivity contribution in [1.29, 1.82) is 0 Å². The fraction of sp³-hybridized carbons (Fsp3) is 0.250. The monoisotopic (exact) mass is 302 g/mol. The number of aryl methyl sites for hydroxylation is 1. The molecule has 2 aromatic rings. The molecule has 21 heavy (non-hydrogen) atoms. The number of rotatable bonds is 5. The van der Waals surface area contributed by atoms with Gasteiger partial charge in [0.2, 0.25) is 0 Å². The predicted molar refractivity (Wildman–Crippen MR) is 86.9 cm³/mol. The van der Waals surface area contributed by atoms with Crippen LogP contribution in [0.25, 0.3) is 0 Å². The maximum Gasteiger partial charge on any atom is 0.131 e. The second-order valence-corrected chi connectivity index (χ2v) is 5.16. The molecule has 4 nitrogen and oxygen atoms in total. The molecule has 0 aliphatic heterocycles. The number of thiocarbonyl (C=S) groups is 1. The van der Waals surface area contributed by atoms with Crippen LogP contribution in [0.5, 0.6) is 11.5 Å². The molecule has 1 aromatic heterocycles. The number of aromatic nitrogens is 1. The summed E-state index contributed by atoms with van der Waals surface area (Å²) in [4.78, 5) is 4.78. The Hall–Kier alpha value is -2.14. The predicted octanol–water partition coefficient (Wildman–Crippen LogP) is 2.92. The van der Waals surface area contributed by atoms with E-state index < -0.39 is 0 Å². The van der Waals surface area contributed by atoms with Crippen LogP contribution in [0.15, 0.2) is 30.5 Å². The SMILES string of the molecule is COc1c(C)cnc(COc2ccc(C(N)=S)cc2)c1C. The number of hydrogen-bond donors (Lipinski definition) is 1. The average Bonchev–Trinajstić information content (AvgIpc) is 2.47. The van der Waals surface area contributed by atoms with Crippen LogP contribution in [-0.2, 0) is 6.61 Å². The second-order valence-electron chi connectivity index (χ2n) is 4.72. The van der Waals surface area contributed by atoms with Gasteiger partial charge in [0.15, 0.2) is 0 Å². The van der Waals surface area contributed by atoms with Gasteiger partial charge in [0.25, 0.3) is 0 Å². The Balaban J connectivity index is 2.11. The van der Waals surface area contributed by atoms with E-state index in [9.17, 15) is 0 Å². The van der Waals surface area contributed by atoms with E-state index >= 15 is 0 Å². The van der Waals surface area contributed by atoms with E-state index in [0.717, 1.165) is 33.9 Å². The van der Waals surface area contributed by atoms with Gasteiger partial charge in [-0.1, -0.05) is 12.2 Å². The van der Waals surface area contributed by atoms with Crippen molar-refractivity contribution in [3.05, 3.63) is 52.8 Å². The quantitative estimate of drug-likeness (QED) is 0.861. The Bertz CT molecular complexity index is 654. The summed E-state index contributed by atoms with van der Waals surface area (Å²) < 4.78 is 11.1. The smallest absolute Gasteiger partial charge is 0.131 e. The fourth-order valence-electron chi connectivity index (χ4n) is 2.08. The first kappa shape index (κ1) is 15.3. The third-order valence-corrected chi connectivity index (χ3v) is 3.50. The Labute approximate surface area is 129 Å². The average molecular weight is 302 g/mol. The second kappa shape index (κ2) is 6.54. The third-order valence-electron chi connectivity index (χ3n) is 3.26. The molecule has 0 saturated heterocycles. The van der Waals surface area contributed by atoms with Crippen molar-refractivity contribution in [2.75, 3.05) is 7.11 Å². The van der Waals surface area contributed by atoms with Gasteiger partial charge in [0, 0.05) is 22.9 Å². The van der Waals surface area contributed by atoms with Gasteiger partial charge in [-0.05, 0) is 38.1 Å². The van der Waals surface area contributed by atoms with Gasteiger partial charge >= 0.3 is 0 Å². The number of nitrogens with zero attached hydrogens (tertiary/aromatic N) is 1. The summed E-state index contributed by atoms with van der Waals surface area (Å²) in [6.07, 6.45) is 1.79. The summed E-state index contributed by atoms with van der Waals surface area (Å²) in [6, 6.07) is 7.37. The standard InChI is InChI=1S/C16H18N2O2S/c1-10-8-18-14(11(2)15(10)19-3)9-20-13-6-4-12(5-7-13)16(17)21/h4-8H,9H2,1-3H3,(H2,17,21). The van der Waals surface area contributed by atoms with Crippen molar-refractivity contribution < 1.29 is 9.47 Å². The maximum atomic E-state index is 5.74. The van der Waals surface area contributed by atoms with Gasteiger partial charge in [0.05, 0.1) is 12.8 Å². The minimum atomic E-state index is 0.377. The third kappa shape index (κ3) is 3.49. The molecule has 1 heterocycles. The Morgan fingerprint density at radius 2 is 1.90 bits per heavy atom. The van der Waals surface area contributed by atoms with E-state index in [-0.39, 0.29) is 0 Å². The van der Waals surface area contributed by atoms with Crippen molar-refractivity contribution in [2.24, 2.45) is 5.73 Å². The molecule has 0 radical (unpaired) electrons. The molecule has 0 amide bonds. The van der Waals surface area contributed by atoms with Crippen LogP contribution in [0.1, 0.15) is 22.4 Å². The first-order valence-corrected chi connectivity index (χ1v) is 6.95. The molecule has 0 bridgehead atoms. The lowest BCUT2D eigenvalue weighted by molar-refractivity contribution is 0.298. The van der Waals surface area contributed by atoms with Crippen LogP contribution in [0.3, 0.4) is 0 Å². The van der Waals surface area contributed by atoms with E-state index in [1.54, 1.807) is 13.3 Å². The first-order chi connectivity index (χ1) is 10.0. The zero-order chi connectivity index (χ0) is 15.4. The summed E-state index contributed by atoms with van der Waals surface area (Å²) in [5.41, 5.74) is 9.25. The molecule has 0 aliphatic carbocycles. The maximum absolute atomic E-state index is 5.74. The summed E-state index contributed by atoms with van der Waals surface area (Å²) in [5, 5.41) is 0. The lowest BCUT2D eigenvalue weighted by Gasteiger charge is -2.13. The number of hydrogen-bond acceptors (Lipinski definition) is 4. The molecule has 110 valence electrons. The van der Waals surface area contributed by atoms with Crippen LogP contribution in [0, 0.1) is 13.8 Å². The highest BCUT2D eigenvalue weighted by Gasteiger charge is 2.10. The van der Waals surface area contributed by atoms with E-state index in [0.29, 0.717) is 11.6 Å². The largest absolute Gasteiger partial charge is 0.496 e. The van der Waals surface area contributed by atoms with E-state index in [4.69, 9.17) is 27.4 Å². The molecule has 2 N–H and O–H groups in total. The van der Waals surface area contributed by atoms with Crippen LogP contribution in [0.2, 0.25) is 0 Å². The highest BCUT2D eigenvalue weighted by molar-refractivity contribution is 7.80. The molecule has 0 aliphatic rings. The topological polar surface area (TPSA) is 57.4 Å². The number of ether oxygens (including phenoxy) is 2. The minimum Gasteiger partial charge on any atom is -0.496 e. The Morgan fingerprint density at radius 1 is 1.24 bits per heavy atom. The molecular weight excluding hydrogens is 284 g/mol. The van der Waals surface area contributed by atoms with Crippen molar-refractivity contribution in [1.82, 2.24) is 4.98 Å². The summed E-state index contributed by atoms with van der Waals surface area (Å²) in [7, 11) is 1.66. The number of benzene rings is 1. The molecule has 0 unspecified atom stereocenters. The van der Waals surface area contributed by atoms with E-state index in [1.807, 2.05) is 38.1 Å². The molecule has 0 atom stereocenters. The van der Waals surface area contributed by atoms with E-state index in [2.05, 4.69) is 4.98 Å². The van der Waals surface area contributed by atoms with Gasteiger partial charge in [-0.3, -0.25) is 4.98 Å². The molecule has 1 aromatic carbocycles. The fourth-order valence-corrected chi connectivity index (χ4v) is 2.22. The van der Waals surface area contributed by atoms with Gasteiger partial charge in [0.1, 0.15) is 23.1 Å². The summed E-state index contributed by atoms with van der Waals surface area (Å²) in [6.45, 7) is 4.33. The lowest BCUT2D eigenvalue weighted by Crippen LogP contribution is -2.09. The molecular formula is C16H18N2O2S. The molecule has 5 heteroatoms. The highest BCUT2D eigenvalue weighted by atomic mass is 32.1. The van der Waals surface area contributed by atoms with Crippen LogP contribution in [-0.4, -0.2) is 17.1 Å². The van der Waals surface area contributed by atoms with E-state index in [1.165, 1.54) is 0 Å². The Morgan fingerprint density at radius 3 is 2.48 bits per heavy atom. The lowest BCUT2D eigenvalue weighted by atomic mass is 10.1. The highest BCUT2D eigenvalue weighted by Crippen LogP contribution is 2.24. The molecule has 0 saturated carbocycles. The van der Waals surface area contributed by atoms with Crippen molar-refractivity contribution in [3.63, 3.8) is 0 Å². The zero-order valence-corrected chi connectivity index (χ0v) is 13.2. The normalized spacial score (nSPS) is 10.2. The summed E-state index contributed by atoms with van der Waals surface area (Å²) in [5.74, 6) is 1.60. The zero-order valence-electron chi connectivity index (χ0n) is 12.3. The van der Waals surface area contributed by atoms with Crippen LogP contribution < -0.4 is 15.2 Å². The van der Waals surface area contributed by atoms with Gasteiger partial charge in [-0.15, -0.1) is 0 Å².